The first-order valence-electron chi connectivity index (χ1n) is 8.58. The van der Waals surface area contributed by atoms with E-state index in [4.69, 9.17) is 0 Å². The molecule has 2 aromatic heterocycles. The predicted octanol–water partition coefficient (Wildman–Crippen LogP) is 2.88. The van der Waals surface area contributed by atoms with Crippen LogP contribution in [0.5, 0.6) is 0 Å². The van der Waals surface area contributed by atoms with E-state index in [2.05, 4.69) is 50.3 Å². The minimum absolute atomic E-state index is 0.247. The number of amides is 1. The third-order valence-electron chi connectivity index (χ3n) is 4.50. The topological polar surface area (TPSA) is 71.0 Å². The zero-order valence-electron chi connectivity index (χ0n) is 14.5. The van der Waals surface area contributed by atoms with Crippen LogP contribution in [0, 0.1) is 0 Å². The normalized spacial score (nSPS) is 15.6. The number of para-hydroxylation sites is 1. The van der Waals surface area contributed by atoms with Crippen LogP contribution in [0.2, 0.25) is 0 Å². The molecule has 0 saturated carbocycles. The van der Waals surface area contributed by atoms with Crippen LogP contribution in [-0.4, -0.2) is 26.9 Å². The van der Waals surface area contributed by atoms with Gasteiger partial charge in [0.15, 0.2) is 5.82 Å². The molecule has 3 aromatic rings. The average Bonchev–Trinajstić information content (AvgIpc) is 3.03. The van der Waals surface area contributed by atoms with Crippen molar-refractivity contribution in [2.24, 2.45) is 0 Å². The molecule has 0 radical (unpaired) electrons. The van der Waals surface area contributed by atoms with Crippen molar-refractivity contribution in [3.63, 3.8) is 0 Å². The summed E-state index contributed by atoms with van der Waals surface area (Å²) in [5.41, 5.74) is 3.70. The molecule has 4 rings (SSSR count). The van der Waals surface area contributed by atoms with E-state index in [0.29, 0.717) is 18.3 Å². The van der Waals surface area contributed by atoms with Gasteiger partial charge in [-0.15, -0.1) is 0 Å². The molecule has 0 fully saturated rings. The molecular weight excluding hydrogens is 326 g/mol. The van der Waals surface area contributed by atoms with Crippen molar-refractivity contribution in [2.75, 3.05) is 4.90 Å². The predicted molar refractivity (Wildman–Crippen MR) is 99.2 cm³/mol. The van der Waals surface area contributed by atoms with Crippen molar-refractivity contribution >= 4 is 17.4 Å². The summed E-state index contributed by atoms with van der Waals surface area (Å²) in [7, 11) is 0. The average molecular weight is 345 g/mol. The summed E-state index contributed by atoms with van der Waals surface area (Å²) in [6.45, 7) is 2.57. The molecule has 1 N–H and O–H groups in total. The Labute approximate surface area is 151 Å². The lowest BCUT2D eigenvalue weighted by Crippen LogP contribution is -2.26. The first-order valence-corrected chi connectivity index (χ1v) is 8.58. The van der Waals surface area contributed by atoms with Crippen molar-refractivity contribution in [3.05, 3.63) is 78.0 Å². The Morgan fingerprint density at radius 2 is 2.04 bits per heavy atom. The van der Waals surface area contributed by atoms with Gasteiger partial charge in [0.25, 0.3) is 5.91 Å². The molecule has 1 aliphatic rings. The second kappa shape index (κ2) is 6.92. The Hall–Kier alpha value is -3.28. The maximum absolute atomic E-state index is 12.3. The SMILES string of the molecule is CC1Cc2ccccc2N1c1cnc(C(=O)NCc2cccnc2)cn1. The van der Waals surface area contributed by atoms with Gasteiger partial charge in [-0.25, -0.2) is 9.97 Å². The zero-order chi connectivity index (χ0) is 17.9. The molecule has 0 aliphatic carbocycles. The number of hydrogen-bond donors (Lipinski definition) is 1. The molecule has 1 aliphatic heterocycles. The molecule has 1 atom stereocenters. The van der Waals surface area contributed by atoms with Crippen LogP contribution in [0.4, 0.5) is 11.5 Å². The van der Waals surface area contributed by atoms with Crippen LogP contribution in [0.25, 0.3) is 0 Å². The first kappa shape index (κ1) is 16.2. The van der Waals surface area contributed by atoms with Crippen LogP contribution in [0.3, 0.4) is 0 Å². The summed E-state index contributed by atoms with van der Waals surface area (Å²) < 4.78 is 0. The van der Waals surface area contributed by atoms with Gasteiger partial charge in [-0.1, -0.05) is 24.3 Å². The van der Waals surface area contributed by atoms with E-state index in [1.165, 1.54) is 11.8 Å². The highest BCUT2D eigenvalue weighted by molar-refractivity contribution is 5.92. The number of hydrogen-bond acceptors (Lipinski definition) is 5. The molecule has 130 valence electrons. The number of nitrogens with zero attached hydrogens (tertiary/aromatic N) is 4. The van der Waals surface area contributed by atoms with Gasteiger partial charge in [0, 0.05) is 30.7 Å². The molecule has 0 bridgehead atoms. The summed E-state index contributed by atoms with van der Waals surface area (Å²) >= 11 is 0. The second-order valence-electron chi connectivity index (χ2n) is 6.36. The second-order valence-corrected chi connectivity index (χ2v) is 6.36. The van der Waals surface area contributed by atoms with Crippen LogP contribution in [-0.2, 0) is 13.0 Å². The monoisotopic (exact) mass is 345 g/mol. The van der Waals surface area contributed by atoms with Crippen molar-refractivity contribution in [2.45, 2.75) is 25.9 Å². The van der Waals surface area contributed by atoms with E-state index in [9.17, 15) is 4.79 Å². The van der Waals surface area contributed by atoms with Crippen molar-refractivity contribution in [1.29, 1.82) is 0 Å². The number of rotatable bonds is 4. The quantitative estimate of drug-likeness (QED) is 0.787. The maximum Gasteiger partial charge on any atom is 0.271 e. The highest BCUT2D eigenvalue weighted by Crippen LogP contribution is 2.36. The van der Waals surface area contributed by atoms with Gasteiger partial charge in [-0.2, -0.15) is 0 Å². The fourth-order valence-corrected chi connectivity index (χ4v) is 3.25. The van der Waals surface area contributed by atoms with Crippen LogP contribution < -0.4 is 10.2 Å². The van der Waals surface area contributed by atoms with E-state index in [0.717, 1.165) is 23.5 Å². The van der Waals surface area contributed by atoms with E-state index in [-0.39, 0.29) is 5.91 Å². The molecule has 0 saturated heterocycles. The molecule has 6 nitrogen and oxygen atoms in total. The van der Waals surface area contributed by atoms with Crippen molar-refractivity contribution in [3.8, 4) is 0 Å². The lowest BCUT2D eigenvalue weighted by Gasteiger charge is -2.23. The highest BCUT2D eigenvalue weighted by atomic mass is 16.1. The van der Waals surface area contributed by atoms with Gasteiger partial charge in [-0.3, -0.25) is 9.78 Å². The van der Waals surface area contributed by atoms with Crippen LogP contribution in [0.15, 0.2) is 61.2 Å². The number of aromatic nitrogens is 3. The van der Waals surface area contributed by atoms with E-state index >= 15 is 0 Å². The number of pyridine rings is 1. The van der Waals surface area contributed by atoms with Gasteiger partial charge >= 0.3 is 0 Å². The van der Waals surface area contributed by atoms with Gasteiger partial charge < -0.3 is 10.2 Å². The minimum Gasteiger partial charge on any atom is -0.347 e. The Balaban J connectivity index is 1.48. The molecule has 3 heterocycles. The largest absolute Gasteiger partial charge is 0.347 e. The number of nitrogens with one attached hydrogen (secondary N) is 1. The summed E-state index contributed by atoms with van der Waals surface area (Å²) in [5.74, 6) is 0.508. The number of carbonyl (C=O) groups excluding carboxylic acids is 1. The molecule has 1 aromatic carbocycles. The fraction of sp³-hybridized carbons (Fsp3) is 0.200. The van der Waals surface area contributed by atoms with E-state index < -0.39 is 0 Å². The van der Waals surface area contributed by atoms with Crippen molar-refractivity contribution in [1.82, 2.24) is 20.3 Å². The van der Waals surface area contributed by atoms with E-state index in [1.807, 2.05) is 18.2 Å². The third-order valence-corrected chi connectivity index (χ3v) is 4.50. The van der Waals surface area contributed by atoms with E-state index in [1.54, 1.807) is 18.6 Å². The van der Waals surface area contributed by atoms with Crippen molar-refractivity contribution < 1.29 is 4.79 Å². The zero-order valence-corrected chi connectivity index (χ0v) is 14.5. The minimum atomic E-state index is -0.247. The summed E-state index contributed by atoms with van der Waals surface area (Å²) in [5, 5.41) is 2.83. The number of fused-ring (bicyclic) bond motifs is 1. The molecule has 26 heavy (non-hydrogen) atoms. The molecule has 1 unspecified atom stereocenters. The van der Waals surface area contributed by atoms with Crippen LogP contribution >= 0.6 is 0 Å². The summed E-state index contributed by atoms with van der Waals surface area (Å²) in [6.07, 6.45) is 7.60. The lowest BCUT2D eigenvalue weighted by molar-refractivity contribution is 0.0945. The number of anilines is 2. The molecule has 1 amide bonds. The summed E-state index contributed by atoms with van der Waals surface area (Å²) in [4.78, 5) is 27.3. The fourth-order valence-electron chi connectivity index (χ4n) is 3.25. The number of carbonyl (C=O) groups is 1. The maximum atomic E-state index is 12.3. The van der Waals surface area contributed by atoms with Gasteiger partial charge in [0.05, 0.1) is 12.4 Å². The smallest absolute Gasteiger partial charge is 0.271 e. The molecule has 6 heteroatoms. The molecular formula is C20H19N5O. The Kier molecular flexibility index (Phi) is 4.31. The molecule has 0 spiro atoms. The lowest BCUT2D eigenvalue weighted by atomic mass is 10.1. The first-order chi connectivity index (χ1) is 12.7. The summed E-state index contributed by atoms with van der Waals surface area (Å²) in [6, 6.07) is 12.4. The highest BCUT2D eigenvalue weighted by Gasteiger charge is 2.27. The standard InChI is InChI=1S/C20H19N5O/c1-14-9-16-6-2-3-7-18(16)25(14)19-13-22-17(12-23-19)20(26)24-11-15-5-4-8-21-10-15/h2-8,10,12-14H,9,11H2,1H3,(H,24,26). The Bertz CT molecular complexity index is 911. The van der Waals surface area contributed by atoms with Crippen LogP contribution in [0.1, 0.15) is 28.5 Å². The third kappa shape index (κ3) is 3.13. The van der Waals surface area contributed by atoms with Gasteiger partial charge in [-0.05, 0) is 36.6 Å². The Morgan fingerprint density at radius 3 is 2.81 bits per heavy atom. The van der Waals surface area contributed by atoms with Gasteiger partial charge in [0.1, 0.15) is 5.69 Å². The number of benzene rings is 1. The Morgan fingerprint density at radius 1 is 1.15 bits per heavy atom. The van der Waals surface area contributed by atoms with Gasteiger partial charge in [0.2, 0.25) is 0 Å².